The molecule has 3 rings (SSSR count). The van der Waals surface area contributed by atoms with Crippen molar-refractivity contribution in [3.63, 3.8) is 0 Å². The zero-order valence-corrected chi connectivity index (χ0v) is 7.25. The molecule has 0 fully saturated rings. The highest BCUT2D eigenvalue weighted by Gasteiger charge is 2.31. The van der Waals surface area contributed by atoms with Gasteiger partial charge in [0.1, 0.15) is 0 Å². The molecule has 2 aliphatic carbocycles. The molecule has 1 aromatic rings. The molecule has 0 N–H and O–H groups in total. The van der Waals surface area contributed by atoms with Crippen molar-refractivity contribution in [2.24, 2.45) is 0 Å². The van der Waals surface area contributed by atoms with Crippen molar-refractivity contribution in [3.05, 3.63) is 47.0 Å². The molecule has 2 atom stereocenters. The summed E-state index contributed by atoms with van der Waals surface area (Å²) >= 11 is 0. The van der Waals surface area contributed by atoms with Gasteiger partial charge in [-0.2, -0.15) is 0 Å². The zero-order chi connectivity index (χ0) is 8.13. The Morgan fingerprint density at radius 3 is 2.67 bits per heavy atom. The molecule has 0 aliphatic heterocycles. The van der Waals surface area contributed by atoms with Crippen LogP contribution < -0.4 is 0 Å². The molecule has 2 unspecified atom stereocenters. The van der Waals surface area contributed by atoms with Gasteiger partial charge in [-0.1, -0.05) is 35.9 Å². The van der Waals surface area contributed by atoms with Crippen molar-refractivity contribution < 1.29 is 0 Å². The maximum absolute atomic E-state index is 2.37. The van der Waals surface area contributed by atoms with Gasteiger partial charge in [0, 0.05) is 11.8 Å². The summed E-state index contributed by atoms with van der Waals surface area (Å²) in [6, 6.07) is 6.88. The average Bonchev–Trinajstić information content (AvgIpc) is 2.63. The second-order valence-electron chi connectivity index (χ2n) is 3.97. The Bertz CT molecular complexity index is 360. The van der Waals surface area contributed by atoms with Crippen molar-refractivity contribution in [3.8, 4) is 0 Å². The first-order valence-electron chi connectivity index (χ1n) is 4.63. The molecule has 0 radical (unpaired) electrons. The molecular formula is C12H12. The molecule has 0 nitrogen and oxygen atoms in total. The van der Waals surface area contributed by atoms with Crippen LogP contribution in [0.1, 0.15) is 34.9 Å². The third-order valence-electron chi connectivity index (χ3n) is 3.12. The van der Waals surface area contributed by atoms with E-state index in [4.69, 9.17) is 0 Å². The molecule has 2 aliphatic rings. The summed E-state index contributed by atoms with van der Waals surface area (Å²) in [6.07, 6.45) is 6.06. The smallest absolute Gasteiger partial charge is 0.00300 e. The Kier molecular flexibility index (Phi) is 1.08. The van der Waals surface area contributed by atoms with Crippen LogP contribution in [-0.4, -0.2) is 0 Å². The third-order valence-corrected chi connectivity index (χ3v) is 3.12. The largest absolute Gasteiger partial charge is 0.0804 e. The first-order chi connectivity index (χ1) is 5.84. The van der Waals surface area contributed by atoms with Gasteiger partial charge in [-0.25, -0.2) is 0 Å². The number of hydrogen-bond acceptors (Lipinski definition) is 0. The molecule has 0 saturated heterocycles. The number of allylic oxidation sites excluding steroid dienone is 2. The van der Waals surface area contributed by atoms with E-state index in [1.807, 2.05) is 0 Å². The first kappa shape index (κ1) is 6.47. The van der Waals surface area contributed by atoms with Gasteiger partial charge in [-0.3, -0.25) is 0 Å². The van der Waals surface area contributed by atoms with Gasteiger partial charge in [0.15, 0.2) is 0 Å². The minimum atomic E-state index is 0.741. The molecule has 0 spiro atoms. The van der Waals surface area contributed by atoms with E-state index in [2.05, 4.69) is 37.3 Å². The lowest BCUT2D eigenvalue weighted by Crippen LogP contribution is -1.92. The van der Waals surface area contributed by atoms with Crippen molar-refractivity contribution in [2.75, 3.05) is 0 Å². The fourth-order valence-corrected chi connectivity index (χ4v) is 2.51. The topological polar surface area (TPSA) is 0 Å². The second kappa shape index (κ2) is 2.01. The van der Waals surface area contributed by atoms with Gasteiger partial charge in [0.05, 0.1) is 0 Å². The van der Waals surface area contributed by atoms with E-state index in [-0.39, 0.29) is 0 Å². The van der Waals surface area contributed by atoms with Crippen molar-refractivity contribution in [1.29, 1.82) is 0 Å². The van der Waals surface area contributed by atoms with Gasteiger partial charge in [-0.05, 0) is 24.5 Å². The third kappa shape index (κ3) is 0.677. The summed E-state index contributed by atoms with van der Waals surface area (Å²) in [7, 11) is 0. The predicted octanol–water partition coefficient (Wildman–Crippen LogP) is 3.14. The summed E-state index contributed by atoms with van der Waals surface area (Å²) in [5.74, 6) is 1.48. The monoisotopic (exact) mass is 156 g/mol. The highest BCUT2D eigenvalue weighted by Crippen LogP contribution is 2.48. The van der Waals surface area contributed by atoms with E-state index in [0.717, 1.165) is 11.8 Å². The first-order valence-corrected chi connectivity index (χ1v) is 4.63. The highest BCUT2D eigenvalue weighted by atomic mass is 14.4. The maximum atomic E-state index is 2.37. The lowest BCUT2D eigenvalue weighted by Gasteiger charge is -2.10. The molecule has 0 heteroatoms. The van der Waals surface area contributed by atoms with E-state index in [9.17, 15) is 0 Å². The minimum Gasteiger partial charge on any atom is -0.0804 e. The summed E-state index contributed by atoms with van der Waals surface area (Å²) in [5, 5.41) is 0. The number of benzene rings is 1. The number of aryl methyl sites for hydroxylation is 1. The average molecular weight is 156 g/mol. The fourth-order valence-electron chi connectivity index (χ4n) is 2.51. The molecule has 60 valence electrons. The Balaban J connectivity index is 2.24. The van der Waals surface area contributed by atoms with Gasteiger partial charge in [-0.15, -0.1) is 0 Å². The van der Waals surface area contributed by atoms with Crippen molar-refractivity contribution in [1.82, 2.24) is 0 Å². The normalized spacial score (nSPS) is 29.4. The van der Waals surface area contributed by atoms with E-state index in [1.54, 1.807) is 11.1 Å². The number of rotatable bonds is 0. The maximum Gasteiger partial charge on any atom is 0.00300 e. The van der Waals surface area contributed by atoms with Crippen LogP contribution in [0.5, 0.6) is 0 Å². The van der Waals surface area contributed by atoms with Crippen LogP contribution >= 0.6 is 0 Å². The van der Waals surface area contributed by atoms with E-state index >= 15 is 0 Å². The highest BCUT2D eigenvalue weighted by molar-refractivity contribution is 5.48. The molecule has 0 amide bonds. The van der Waals surface area contributed by atoms with E-state index in [0.29, 0.717) is 0 Å². The van der Waals surface area contributed by atoms with Gasteiger partial charge < -0.3 is 0 Å². The molecule has 0 aromatic heterocycles. The quantitative estimate of drug-likeness (QED) is 0.506. The van der Waals surface area contributed by atoms with Crippen molar-refractivity contribution >= 4 is 0 Å². The SMILES string of the molecule is Cc1ccc2c(c1)C1C=CC2C1. The number of hydrogen-bond donors (Lipinski definition) is 0. The van der Waals surface area contributed by atoms with Crippen LogP contribution in [-0.2, 0) is 0 Å². The summed E-state index contributed by atoms with van der Waals surface area (Å²) < 4.78 is 0. The summed E-state index contributed by atoms with van der Waals surface area (Å²) in [4.78, 5) is 0. The number of fused-ring (bicyclic) bond motifs is 5. The second-order valence-corrected chi connectivity index (χ2v) is 3.97. The Morgan fingerprint density at radius 2 is 1.83 bits per heavy atom. The van der Waals surface area contributed by atoms with E-state index < -0.39 is 0 Å². The summed E-state index contributed by atoms with van der Waals surface area (Å²) in [5.41, 5.74) is 4.56. The Morgan fingerprint density at radius 1 is 1.08 bits per heavy atom. The van der Waals surface area contributed by atoms with Gasteiger partial charge in [0.2, 0.25) is 0 Å². The zero-order valence-electron chi connectivity index (χ0n) is 7.25. The van der Waals surface area contributed by atoms with Crippen LogP contribution in [0.2, 0.25) is 0 Å². The van der Waals surface area contributed by atoms with Gasteiger partial charge >= 0.3 is 0 Å². The predicted molar refractivity (Wildman–Crippen MR) is 50.4 cm³/mol. The lowest BCUT2D eigenvalue weighted by atomic mass is 9.95. The molecule has 0 saturated carbocycles. The minimum absolute atomic E-state index is 0.741. The molecular weight excluding hydrogens is 144 g/mol. The van der Waals surface area contributed by atoms with Crippen LogP contribution in [0.25, 0.3) is 0 Å². The van der Waals surface area contributed by atoms with Crippen molar-refractivity contribution in [2.45, 2.75) is 25.2 Å². The Hall–Kier alpha value is -1.04. The lowest BCUT2D eigenvalue weighted by molar-refractivity contribution is 0.804. The van der Waals surface area contributed by atoms with Crippen LogP contribution in [0.15, 0.2) is 30.4 Å². The standard InChI is InChI=1S/C12H12/c1-8-2-5-11-9-3-4-10(7-9)12(11)6-8/h2-6,9-10H,7H2,1H3. The molecule has 2 bridgehead atoms. The van der Waals surface area contributed by atoms with Crippen LogP contribution in [0.4, 0.5) is 0 Å². The molecule has 12 heavy (non-hydrogen) atoms. The fraction of sp³-hybridized carbons (Fsp3) is 0.333. The Labute approximate surface area is 72.9 Å². The van der Waals surface area contributed by atoms with E-state index in [1.165, 1.54) is 12.0 Å². The van der Waals surface area contributed by atoms with Gasteiger partial charge in [0.25, 0.3) is 0 Å². The van der Waals surface area contributed by atoms with Crippen LogP contribution in [0.3, 0.4) is 0 Å². The van der Waals surface area contributed by atoms with Crippen LogP contribution in [0, 0.1) is 6.92 Å². The molecule has 1 aromatic carbocycles. The molecule has 0 heterocycles. The summed E-state index contributed by atoms with van der Waals surface area (Å²) in [6.45, 7) is 2.18.